The molecule has 4 aromatic rings. The van der Waals surface area contributed by atoms with Gasteiger partial charge in [0, 0.05) is 34.4 Å². The van der Waals surface area contributed by atoms with E-state index >= 15 is 0 Å². The third-order valence-electron chi connectivity index (χ3n) is 5.81. The highest BCUT2D eigenvalue weighted by Gasteiger charge is 2.29. The molecule has 2 aromatic heterocycles. The molecule has 3 heterocycles. The summed E-state index contributed by atoms with van der Waals surface area (Å²) in [5.41, 5.74) is 9.90. The molecule has 5 rings (SSSR count). The number of hydrogen-bond donors (Lipinski definition) is 3. The largest absolute Gasteiger partial charge is 0.453 e. The van der Waals surface area contributed by atoms with Crippen LogP contribution in [0.4, 0.5) is 16.2 Å². The number of imidazole rings is 1. The summed E-state index contributed by atoms with van der Waals surface area (Å²) in [4.78, 5) is 37.0. The van der Waals surface area contributed by atoms with E-state index in [1.807, 2.05) is 12.1 Å². The predicted molar refractivity (Wildman–Crippen MR) is 130 cm³/mol. The number of nitrogens with two attached hydrogens (primary N) is 1. The second-order valence-corrected chi connectivity index (χ2v) is 8.36. The number of carbonyl (C=O) groups is 1. The number of ether oxygens (including phenoxy) is 1. The number of benzene rings is 2. The van der Waals surface area contributed by atoms with Crippen molar-refractivity contribution in [2.24, 2.45) is 0 Å². The molecule has 1 amide bonds. The number of halogens is 1. The van der Waals surface area contributed by atoms with Crippen molar-refractivity contribution in [3.05, 3.63) is 81.8 Å². The number of carbonyl (C=O) groups excluding carboxylic acids is 1. The third kappa shape index (κ3) is 4.01. The first-order chi connectivity index (χ1) is 16.4. The van der Waals surface area contributed by atoms with Gasteiger partial charge in [-0.1, -0.05) is 23.7 Å². The van der Waals surface area contributed by atoms with Crippen LogP contribution in [-0.2, 0) is 11.2 Å². The fraction of sp³-hybridized carbons (Fsp3) is 0.167. The average molecular weight is 477 g/mol. The van der Waals surface area contributed by atoms with E-state index in [0.717, 1.165) is 11.3 Å². The lowest BCUT2D eigenvalue weighted by Crippen LogP contribution is -2.25. The number of aryl methyl sites for hydroxylation is 1. The number of aromatic nitrogens is 4. The van der Waals surface area contributed by atoms with Crippen LogP contribution in [-0.4, -0.2) is 32.7 Å². The summed E-state index contributed by atoms with van der Waals surface area (Å²) >= 11 is 6.11. The molecular weight excluding hydrogens is 456 g/mol. The van der Waals surface area contributed by atoms with Crippen molar-refractivity contribution in [1.82, 2.24) is 19.5 Å². The number of nitrogens with one attached hydrogen (secondary N) is 2. The van der Waals surface area contributed by atoms with E-state index in [0.29, 0.717) is 52.1 Å². The van der Waals surface area contributed by atoms with Crippen molar-refractivity contribution in [2.45, 2.75) is 18.9 Å². The van der Waals surface area contributed by atoms with E-state index in [1.165, 1.54) is 13.2 Å². The van der Waals surface area contributed by atoms with Gasteiger partial charge in [0.05, 0.1) is 30.7 Å². The molecule has 4 N–H and O–H groups in total. The quantitative estimate of drug-likeness (QED) is 0.378. The molecule has 0 saturated carbocycles. The molecule has 9 nitrogen and oxygen atoms in total. The summed E-state index contributed by atoms with van der Waals surface area (Å²) in [6, 6.07) is 13.6. The summed E-state index contributed by atoms with van der Waals surface area (Å²) in [5.74, 6) is 1.37. The lowest BCUT2D eigenvalue weighted by atomic mass is 10.1. The van der Waals surface area contributed by atoms with Crippen molar-refractivity contribution in [3.8, 4) is 22.5 Å². The molecule has 1 atom stereocenters. The minimum Gasteiger partial charge on any atom is -0.453 e. The Hall–Kier alpha value is -4.11. The minimum atomic E-state index is -0.531. The Kier molecular flexibility index (Phi) is 5.54. The normalized spacial score (nSPS) is 14.6. The molecule has 0 fully saturated rings. The number of H-pyrrole nitrogens is 1. The average Bonchev–Trinajstić information content (AvgIpc) is 3.48. The second kappa shape index (κ2) is 8.68. The molecule has 172 valence electrons. The van der Waals surface area contributed by atoms with Gasteiger partial charge in [0.15, 0.2) is 0 Å². The molecule has 1 aliphatic heterocycles. The zero-order valence-corrected chi connectivity index (χ0v) is 19.0. The van der Waals surface area contributed by atoms with E-state index in [4.69, 9.17) is 22.3 Å². The van der Waals surface area contributed by atoms with Crippen LogP contribution < -0.4 is 16.6 Å². The first kappa shape index (κ1) is 21.7. The fourth-order valence-electron chi connectivity index (χ4n) is 4.15. The van der Waals surface area contributed by atoms with Crippen molar-refractivity contribution >= 4 is 29.1 Å². The van der Waals surface area contributed by atoms with Gasteiger partial charge in [-0.2, -0.15) is 0 Å². The number of methoxy groups -OCH3 is 1. The maximum absolute atomic E-state index is 13.1. The van der Waals surface area contributed by atoms with Crippen molar-refractivity contribution < 1.29 is 9.53 Å². The van der Waals surface area contributed by atoms with Crippen LogP contribution in [0.15, 0.2) is 59.5 Å². The zero-order valence-electron chi connectivity index (χ0n) is 18.2. The first-order valence-corrected chi connectivity index (χ1v) is 11.0. The summed E-state index contributed by atoms with van der Waals surface area (Å²) in [7, 11) is 1.31. The van der Waals surface area contributed by atoms with Gasteiger partial charge in [-0.25, -0.2) is 14.8 Å². The number of hydrogen-bond acceptors (Lipinski definition) is 6. The van der Waals surface area contributed by atoms with Crippen LogP contribution >= 0.6 is 11.6 Å². The van der Waals surface area contributed by atoms with E-state index in [9.17, 15) is 9.59 Å². The van der Waals surface area contributed by atoms with E-state index in [1.54, 1.807) is 41.1 Å². The molecule has 0 bridgehead atoms. The number of aromatic amines is 1. The number of amides is 1. The van der Waals surface area contributed by atoms with Crippen molar-refractivity contribution in [1.29, 1.82) is 0 Å². The number of anilines is 2. The molecule has 2 aromatic carbocycles. The standard InChI is InChI=1S/C24H21ClN6O3/c1-34-24(33)28-15-5-2-13(3-6-15)19-12-27-23(30-19)20-8-9-21-29-18(11-22(32)31(20)21)16-10-14(25)4-7-17(16)26/h2-7,10-12,20H,8-9,26H2,1H3,(H,27,30)(H,28,33). The molecule has 0 saturated heterocycles. The van der Waals surface area contributed by atoms with Crippen molar-refractivity contribution in [2.75, 3.05) is 18.2 Å². The monoisotopic (exact) mass is 476 g/mol. The third-order valence-corrected chi connectivity index (χ3v) is 6.04. The molecule has 34 heavy (non-hydrogen) atoms. The highest BCUT2D eigenvalue weighted by Crippen LogP contribution is 2.32. The Morgan fingerprint density at radius 1 is 1.24 bits per heavy atom. The van der Waals surface area contributed by atoms with E-state index < -0.39 is 6.09 Å². The molecule has 0 aliphatic carbocycles. The van der Waals surface area contributed by atoms with Crippen LogP contribution in [0, 0.1) is 0 Å². The Balaban J connectivity index is 1.42. The van der Waals surface area contributed by atoms with Crippen LogP contribution in [0.3, 0.4) is 0 Å². The number of nitrogens with zero attached hydrogens (tertiary/aromatic N) is 3. The molecule has 0 spiro atoms. The molecule has 0 radical (unpaired) electrons. The fourth-order valence-corrected chi connectivity index (χ4v) is 4.32. The highest BCUT2D eigenvalue weighted by molar-refractivity contribution is 6.31. The maximum Gasteiger partial charge on any atom is 0.411 e. The number of rotatable bonds is 4. The summed E-state index contributed by atoms with van der Waals surface area (Å²) in [6.45, 7) is 0. The lowest BCUT2D eigenvalue weighted by molar-refractivity contribution is 0.187. The minimum absolute atomic E-state index is 0.168. The smallest absolute Gasteiger partial charge is 0.411 e. The molecule has 1 aliphatic rings. The second-order valence-electron chi connectivity index (χ2n) is 7.93. The summed E-state index contributed by atoms with van der Waals surface area (Å²) < 4.78 is 6.28. The van der Waals surface area contributed by atoms with Gasteiger partial charge in [0.1, 0.15) is 11.6 Å². The Morgan fingerprint density at radius 2 is 2.03 bits per heavy atom. The van der Waals surface area contributed by atoms with Gasteiger partial charge in [-0.05, 0) is 42.3 Å². The van der Waals surface area contributed by atoms with Crippen LogP contribution in [0.5, 0.6) is 0 Å². The van der Waals surface area contributed by atoms with Crippen molar-refractivity contribution in [3.63, 3.8) is 0 Å². The van der Waals surface area contributed by atoms with Gasteiger partial charge in [0.2, 0.25) is 0 Å². The Labute approximate surface area is 199 Å². The molecule has 1 unspecified atom stereocenters. The topological polar surface area (TPSA) is 128 Å². The van der Waals surface area contributed by atoms with E-state index in [-0.39, 0.29) is 11.6 Å². The van der Waals surface area contributed by atoms with Crippen LogP contribution in [0.25, 0.3) is 22.5 Å². The van der Waals surface area contributed by atoms with Gasteiger partial charge in [0.25, 0.3) is 5.56 Å². The highest BCUT2D eigenvalue weighted by atomic mass is 35.5. The van der Waals surface area contributed by atoms with Crippen LogP contribution in [0.2, 0.25) is 5.02 Å². The van der Waals surface area contributed by atoms with E-state index in [2.05, 4.69) is 20.0 Å². The number of nitrogen functional groups attached to an aromatic ring is 1. The lowest BCUT2D eigenvalue weighted by Gasteiger charge is -2.13. The zero-order chi connectivity index (χ0) is 23.8. The SMILES string of the molecule is COC(=O)Nc1ccc(-c2cnc(C3CCc4nc(-c5cc(Cl)ccc5N)cc(=O)n43)[nH]2)cc1. The maximum atomic E-state index is 13.1. The number of fused-ring (bicyclic) bond motifs is 1. The molecular formula is C24H21ClN6O3. The van der Waals surface area contributed by atoms with Gasteiger partial charge >= 0.3 is 6.09 Å². The Morgan fingerprint density at radius 3 is 2.79 bits per heavy atom. The van der Waals surface area contributed by atoms with Gasteiger partial charge in [-0.15, -0.1) is 0 Å². The van der Waals surface area contributed by atoms with Crippen LogP contribution in [0.1, 0.15) is 24.1 Å². The summed E-state index contributed by atoms with van der Waals surface area (Å²) in [5, 5.41) is 3.14. The van der Waals surface area contributed by atoms with Gasteiger partial charge in [-0.3, -0.25) is 14.7 Å². The summed E-state index contributed by atoms with van der Waals surface area (Å²) in [6.07, 6.45) is 2.54. The predicted octanol–water partition coefficient (Wildman–Crippen LogP) is 4.25. The molecule has 10 heteroatoms. The first-order valence-electron chi connectivity index (χ1n) is 10.6. The van der Waals surface area contributed by atoms with Gasteiger partial charge < -0.3 is 15.5 Å². The Bertz CT molecular complexity index is 1440.